The van der Waals surface area contributed by atoms with Crippen LogP contribution < -0.4 is 0 Å². The third kappa shape index (κ3) is 6.76. The summed E-state index contributed by atoms with van der Waals surface area (Å²) >= 11 is 0. The van der Waals surface area contributed by atoms with Gasteiger partial charge in [0.15, 0.2) is 6.10 Å². The Morgan fingerprint density at radius 1 is 1.21 bits per heavy atom. The number of ether oxygens (including phenoxy) is 2. The molecule has 2 atom stereocenters. The number of carbonyl (C=O) groups excluding carboxylic acids is 2. The van der Waals surface area contributed by atoms with E-state index in [-0.39, 0.29) is 6.61 Å². The van der Waals surface area contributed by atoms with Crippen molar-refractivity contribution in [1.82, 2.24) is 0 Å². The summed E-state index contributed by atoms with van der Waals surface area (Å²) in [4.78, 5) is 33.8. The van der Waals surface area contributed by atoms with E-state index in [0.29, 0.717) is 0 Å². The fourth-order valence-electron chi connectivity index (χ4n) is 1.29. The number of aliphatic hydroxyl groups is 1. The predicted octanol–water partition coefficient (Wildman–Crippen LogP) is 0.343. The largest absolute Gasteiger partial charge is 0.481 e. The Morgan fingerprint density at radius 3 is 2.11 bits per heavy atom. The van der Waals surface area contributed by atoms with Gasteiger partial charge < -0.3 is 19.7 Å². The first-order valence-corrected chi connectivity index (χ1v) is 5.87. The number of esters is 2. The summed E-state index contributed by atoms with van der Waals surface area (Å²) in [5.74, 6) is -4.93. The summed E-state index contributed by atoms with van der Waals surface area (Å²) < 4.78 is 9.46. The van der Waals surface area contributed by atoms with E-state index in [1.807, 2.05) is 0 Å². The van der Waals surface area contributed by atoms with Crippen molar-refractivity contribution in [3.63, 3.8) is 0 Å². The van der Waals surface area contributed by atoms with Crippen LogP contribution in [0.15, 0.2) is 0 Å². The molecule has 0 saturated carbocycles. The van der Waals surface area contributed by atoms with E-state index in [1.54, 1.807) is 20.8 Å². The Morgan fingerprint density at radius 2 is 1.74 bits per heavy atom. The van der Waals surface area contributed by atoms with E-state index in [9.17, 15) is 19.5 Å². The summed E-state index contributed by atoms with van der Waals surface area (Å²) in [6, 6.07) is 0. The van der Waals surface area contributed by atoms with Crippen LogP contribution in [-0.2, 0) is 23.9 Å². The van der Waals surface area contributed by atoms with Gasteiger partial charge in [0.2, 0.25) is 0 Å². The Labute approximate surface area is 111 Å². The van der Waals surface area contributed by atoms with Crippen molar-refractivity contribution in [2.24, 2.45) is 5.92 Å². The van der Waals surface area contributed by atoms with Gasteiger partial charge in [-0.25, -0.2) is 4.79 Å². The highest BCUT2D eigenvalue weighted by Crippen LogP contribution is 2.16. The van der Waals surface area contributed by atoms with E-state index >= 15 is 0 Å². The highest BCUT2D eigenvalue weighted by molar-refractivity contribution is 5.86. The van der Waals surface area contributed by atoms with Crippen LogP contribution in [0.4, 0.5) is 0 Å². The molecule has 0 radical (unpaired) electrons. The summed E-state index contributed by atoms with van der Waals surface area (Å²) in [6.45, 7) is 6.41. The standard InChI is InChI=1S/C12H20O7/c1-5-18-11(17)9(14)7(10(15)16)6-8(13)19-12(2,3)4/h7,9,14H,5-6H2,1-4H3,(H,15,16)/t7-,9+/m1/s1. The van der Waals surface area contributed by atoms with Crippen molar-refractivity contribution in [1.29, 1.82) is 0 Å². The summed E-state index contributed by atoms with van der Waals surface area (Å²) in [5.41, 5.74) is -0.769. The first kappa shape index (κ1) is 17.4. The second-order valence-electron chi connectivity index (χ2n) is 4.93. The van der Waals surface area contributed by atoms with Crippen molar-refractivity contribution in [2.75, 3.05) is 6.61 Å². The van der Waals surface area contributed by atoms with Crippen molar-refractivity contribution in [2.45, 2.75) is 45.8 Å². The maximum Gasteiger partial charge on any atom is 0.335 e. The van der Waals surface area contributed by atoms with Gasteiger partial charge in [0, 0.05) is 0 Å². The van der Waals surface area contributed by atoms with Crippen LogP contribution in [0.3, 0.4) is 0 Å². The van der Waals surface area contributed by atoms with Gasteiger partial charge in [0.1, 0.15) is 11.5 Å². The van der Waals surface area contributed by atoms with Crippen LogP contribution in [0.25, 0.3) is 0 Å². The lowest BCUT2D eigenvalue weighted by molar-refractivity contribution is -0.169. The molecule has 0 aliphatic carbocycles. The Bertz CT molecular complexity index is 342. The first-order chi connectivity index (χ1) is 8.58. The molecular formula is C12H20O7. The van der Waals surface area contributed by atoms with Crippen molar-refractivity contribution in [3.05, 3.63) is 0 Å². The molecule has 0 saturated heterocycles. The lowest BCUT2D eigenvalue weighted by atomic mass is 9.98. The number of carboxylic acids is 1. The monoisotopic (exact) mass is 276 g/mol. The summed E-state index contributed by atoms with van der Waals surface area (Å²) in [7, 11) is 0. The maximum atomic E-state index is 11.5. The number of hydrogen-bond acceptors (Lipinski definition) is 6. The molecule has 7 heteroatoms. The van der Waals surface area contributed by atoms with Crippen LogP contribution in [0.2, 0.25) is 0 Å². The Hall–Kier alpha value is -1.63. The number of rotatable bonds is 6. The smallest absolute Gasteiger partial charge is 0.335 e. The number of hydrogen-bond donors (Lipinski definition) is 2. The zero-order valence-electron chi connectivity index (χ0n) is 11.5. The Kier molecular flexibility index (Phi) is 6.47. The molecular weight excluding hydrogens is 256 g/mol. The average molecular weight is 276 g/mol. The lowest BCUT2D eigenvalue weighted by Gasteiger charge is -2.22. The minimum absolute atomic E-state index is 0.00860. The first-order valence-electron chi connectivity index (χ1n) is 5.87. The Balaban J connectivity index is 4.71. The molecule has 0 amide bonds. The molecule has 19 heavy (non-hydrogen) atoms. The van der Waals surface area contributed by atoms with Crippen molar-refractivity contribution < 1.29 is 34.1 Å². The maximum absolute atomic E-state index is 11.5. The quantitative estimate of drug-likeness (QED) is 0.673. The normalized spacial score (nSPS) is 14.4. The van der Waals surface area contributed by atoms with Gasteiger partial charge in [0.05, 0.1) is 13.0 Å². The van der Waals surface area contributed by atoms with Gasteiger partial charge in [-0.2, -0.15) is 0 Å². The summed E-state index contributed by atoms with van der Waals surface area (Å²) in [5, 5.41) is 18.5. The molecule has 0 heterocycles. The van der Waals surface area contributed by atoms with E-state index in [1.165, 1.54) is 6.92 Å². The number of aliphatic carboxylic acids is 1. The highest BCUT2D eigenvalue weighted by Gasteiger charge is 2.36. The van der Waals surface area contributed by atoms with E-state index < -0.39 is 42.0 Å². The van der Waals surface area contributed by atoms with Crippen LogP contribution >= 0.6 is 0 Å². The molecule has 0 aromatic heterocycles. The van der Waals surface area contributed by atoms with Crippen LogP contribution in [0.1, 0.15) is 34.1 Å². The SMILES string of the molecule is CCOC(=O)[C@@H](O)[C@@H](CC(=O)OC(C)(C)C)C(=O)O. The van der Waals surface area contributed by atoms with Crippen LogP contribution in [0.5, 0.6) is 0 Å². The summed E-state index contributed by atoms with van der Waals surface area (Å²) in [6.07, 6.45) is -2.50. The van der Waals surface area contributed by atoms with Gasteiger partial charge in [-0.05, 0) is 27.7 Å². The highest BCUT2D eigenvalue weighted by atomic mass is 16.6. The molecule has 0 rings (SSSR count). The van der Waals surface area contributed by atoms with Crippen molar-refractivity contribution >= 4 is 17.9 Å². The minimum Gasteiger partial charge on any atom is -0.481 e. The molecule has 0 aromatic carbocycles. The van der Waals surface area contributed by atoms with Crippen LogP contribution in [0, 0.1) is 5.92 Å². The zero-order valence-corrected chi connectivity index (χ0v) is 11.5. The number of aliphatic hydroxyl groups excluding tert-OH is 1. The number of carbonyl (C=O) groups is 3. The van der Waals surface area contributed by atoms with Gasteiger partial charge in [-0.1, -0.05) is 0 Å². The lowest BCUT2D eigenvalue weighted by Crippen LogP contribution is -2.38. The van der Waals surface area contributed by atoms with Gasteiger partial charge in [-0.3, -0.25) is 9.59 Å². The molecule has 7 nitrogen and oxygen atoms in total. The van der Waals surface area contributed by atoms with Crippen LogP contribution in [-0.4, -0.2) is 46.4 Å². The molecule has 0 spiro atoms. The van der Waals surface area contributed by atoms with Gasteiger partial charge >= 0.3 is 17.9 Å². The fraction of sp³-hybridized carbons (Fsp3) is 0.750. The molecule has 0 bridgehead atoms. The molecule has 2 N–H and O–H groups in total. The molecule has 0 aromatic rings. The minimum atomic E-state index is -1.90. The van der Waals surface area contributed by atoms with E-state index in [0.717, 1.165) is 0 Å². The zero-order chi connectivity index (χ0) is 15.2. The van der Waals surface area contributed by atoms with Crippen molar-refractivity contribution in [3.8, 4) is 0 Å². The molecule has 0 aliphatic rings. The number of carboxylic acid groups (broad SMARTS) is 1. The second kappa shape index (κ2) is 7.08. The topological polar surface area (TPSA) is 110 Å². The second-order valence-corrected chi connectivity index (χ2v) is 4.93. The molecule has 0 unspecified atom stereocenters. The molecule has 0 aliphatic heterocycles. The third-order valence-electron chi connectivity index (χ3n) is 2.03. The van der Waals surface area contributed by atoms with E-state index in [2.05, 4.69) is 4.74 Å². The third-order valence-corrected chi connectivity index (χ3v) is 2.03. The average Bonchev–Trinajstić information content (AvgIpc) is 2.22. The van der Waals surface area contributed by atoms with Gasteiger partial charge in [-0.15, -0.1) is 0 Å². The van der Waals surface area contributed by atoms with Gasteiger partial charge in [0.25, 0.3) is 0 Å². The molecule has 110 valence electrons. The predicted molar refractivity (Wildman–Crippen MR) is 64.2 cm³/mol. The van der Waals surface area contributed by atoms with E-state index in [4.69, 9.17) is 9.84 Å². The molecule has 0 fully saturated rings. The fourth-order valence-corrected chi connectivity index (χ4v) is 1.29.